The van der Waals surface area contributed by atoms with Crippen molar-refractivity contribution in [3.63, 3.8) is 0 Å². The average molecular weight is 872 g/mol. The van der Waals surface area contributed by atoms with Crippen LogP contribution in [0.3, 0.4) is 0 Å². The van der Waals surface area contributed by atoms with Crippen LogP contribution in [0.15, 0.2) is 122 Å². The van der Waals surface area contributed by atoms with E-state index in [-0.39, 0.29) is 24.9 Å². The lowest BCUT2D eigenvalue weighted by Gasteiger charge is -2.24. The fourth-order valence-corrected chi connectivity index (χ4v) is 6.85. The fourth-order valence-electron chi connectivity index (χ4n) is 6.85. The van der Waals surface area contributed by atoms with Crippen LogP contribution in [-0.2, 0) is 14.3 Å². The number of unbranched alkanes of at least 4 members (excludes halogenated alkanes) is 17. The van der Waals surface area contributed by atoms with Crippen LogP contribution in [0.5, 0.6) is 0 Å². The van der Waals surface area contributed by atoms with Gasteiger partial charge in [-0.3, -0.25) is 9.59 Å². The Hall–Kier alpha value is -3.74. The Labute approximate surface area is 387 Å². The van der Waals surface area contributed by atoms with E-state index in [1.807, 2.05) is 72.9 Å². The van der Waals surface area contributed by atoms with Crippen LogP contribution in [0.2, 0.25) is 0 Å². The van der Waals surface area contributed by atoms with Gasteiger partial charge >= 0.3 is 5.97 Å². The highest BCUT2D eigenvalue weighted by Crippen LogP contribution is 2.15. The molecule has 0 aromatic heterocycles. The summed E-state index contributed by atoms with van der Waals surface area (Å²) < 4.78 is 5.84. The number of carbonyl (C=O) groups excluding carboxylic acids is 2. The molecular weight excluding hydrogens is 779 g/mol. The molecule has 0 saturated carbocycles. The molecule has 0 aliphatic carbocycles. The van der Waals surface area contributed by atoms with Crippen LogP contribution in [0.25, 0.3) is 0 Å². The second-order valence-corrected chi connectivity index (χ2v) is 16.6. The molecule has 0 radical (unpaired) electrons. The van der Waals surface area contributed by atoms with Gasteiger partial charge in [-0.2, -0.15) is 0 Å². The minimum absolute atomic E-state index is 0.0247. The number of hydrogen-bond acceptors (Lipinski definition) is 5. The van der Waals surface area contributed by atoms with Crippen LogP contribution in [0.4, 0.5) is 0 Å². The predicted molar refractivity (Wildman–Crippen MR) is 273 cm³/mol. The summed E-state index contributed by atoms with van der Waals surface area (Å²) in [6, 6.07) is -0.748. The van der Waals surface area contributed by atoms with E-state index in [0.29, 0.717) is 19.3 Å². The summed E-state index contributed by atoms with van der Waals surface area (Å²) in [5.41, 5.74) is 0. The number of aliphatic hydroxyl groups is 2. The number of nitrogens with one attached hydrogen (secondary N) is 1. The lowest BCUT2D eigenvalue weighted by atomic mass is 10.0. The highest BCUT2D eigenvalue weighted by molar-refractivity contribution is 5.77. The van der Waals surface area contributed by atoms with Gasteiger partial charge in [0.25, 0.3) is 0 Å². The molecule has 3 atom stereocenters. The lowest BCUT2D eigenvalue weighted by molar-refractivity contribution is -0.150. The zero-order valence-electron chi connectivity index (χ0n) is 40.4. The number of aliphatic hydroxyl groups excluding tert-OH is 2. The zero-order valence-corrected chi connectivity index (χ0v) is 40.4. The van der Waals surface area contributed by atoms with Crippen molar-refractivity contribution in [2.75, 3.05) is 6.61 Å². The molecule has 0 fully saturated rings. The maximum absolute atomic E-state index is 13.2. The van der Waals surface area contributed by atoms with Crippen molar-refractivity contribution in [3.05, 3.63) is 122 Å². The molecule has 0 aromatic carbocycles. The van der Waals surface area contributed by atoms with Crippen molar-refractivity contribution in [2.24, 2.45) is 0 Å². The van der Waals surface area contributed by atoms with E-state index in [0.717, 1.165) is 77.0 Å². The Morgan fingerprint density at radius 1 is 0.508 bits per heavy atom. The van der Waals surface area contributed by atoms with Gasteiger partial charge in [0.2, 0.25) is 5.91 Å². The van der Waals surface area contributed by atoms with Gasteiger partial charge in [-0.05, 0) is 64.2 Å². The normalized spacial score (nSPS) is 14.3. The summed E-state index contributed by atoms with van der Waals surface area (Å²) >= 11 is 0. The number of amides is 1. The van der Waals surface area contributed by atoms with Gasteiger partial charge in [-0.25, -0.2) is 0 Å². The third-order valence-corrected chi connectivity index (χ3v) is 10.7. The first-order valence-corrected chi connectivity index (χ1v) is 25.3. The number of hydrogen-bond donors (Lipinski definition) is 3. The highest BCUT2D eigenvalue weighted by atomic mass is 16.5. The van der Waals surface area contributed by atoms with E-state index in [2.05, 4.69) is 74.7 Å². The summed E-state index contributed by atoms with van der Waals surface area (Å²) in [6.45, 7) is 6.25. The Morgan fingerprint density at radius 3 is 1.51 bits per heavy atom. The van der Waals surface area contributed by atoms with E-state index in [4.69, 9.17) is 4.74 Å². The minimum Gasteiger partial charge on any atom is -0.461 e. The third kappa shape index (κ3) is 44.7. The fraction of sp³-hybridized carbons (Fsp3) is 0.614. The SMILES string of the molecule is CC\C=C/C=C/C=C/C=C\C=C\C=C\CCCCCC(=O)OC(C/C=C\C/C=C\C/C=C\C/C=C\CCCCC)CC(=O)NC(CO)C(O)CCCCCCCCCCCCCC. The molecule has 3 unspecified atom stereocenters. The van der Waals surface area contributed by atoms with E-state index in [1.165, 1.54) is 77.0 Å². The van der Waals surface area contributed by atoms with Crippen LogP contribution in [-0.4, -0.2) is 46.9 Å². The maximum Gasteiger partial charge on any atom is 0.306 e. The van der Waals surface area contributed by atoms with Gasteiger partial charge < -0.3 is 20.3 Å². The Bertz CT molecular complexity index is 1350. The van der Waals surface area contributed by atoms with Gasteiger partial charge in [0.05, 0.1) is 25.2 Å². The summed E-state index contributed by atoms with van der Waals surface area (Å²) in [6.07, 6.45) is 68.3. The Kier molecular flexibility index (Phi) is 46.4. The van der Waals surface area contributed by atoms with Crippen LogP contribution >= 0.6 is 0 Å². The highest BCUT2D eigenvalue weighted by Gasteiger charge is 2.23. The van der Waals surface area contributed by atoms with E-state index >= 15 is 0 Å². The number of allylic oxidation sites excluding steroid dienone is 19. The minimum atomic E-state index is -0.826. The Morgan fingerprint density at radius 2 is 0.952 bits per heavy atom. The second kappa shape index (κ2) is 49.3. The molecule has 1 amide bonds. The molecule has 63 heavy (non-hydrogen) atoms. The van der Waals surface area contributed by atoms with E-state index < -0.39 is 18.2 Å². The first-order chi connectivity index (χ1) is 31.0. The molecule has 0 bridgehead atoms. The first kappa shape index (κ1) is 59.3. The van der Waals surface area contributed by atoms with E-state index in [9.17, 15) is 19.8 Å². The van der Waals surface area contributed by atoms with Crippen molar-refractivity contribution < 1.29 is 24.5 Å². The first-order valence-electron chi connectivity index (χ1n) is 25.3. The van der Waals surface area contributed by atoms with Crippen LogP contribution < -0.4 is 5.32 Å². The number of ether oxygens (including phenoxy) is 1. The van der Waals surface area contributed by atoms with Crippen molar-refractivity contribution in [1.29, 1.82) is 0 Å². The predicted octanol–water partition coefficient (Wildman–Crippen LogP) is 15.3. The second-order valence-electron chi connectivity index (χ2n) is 16.6. The molecule has 0 aliphatic rings. The molecule has 356 valence electrons. The van der Waals surface area contributed by atoms with E-state index in [1.54, 1.807) is 0 Å². The quantitative estimate of drug-likeness (QED) is 0.0245. The molecule has 3 N–H and O–H groups in total. The molecule has 0 heterocycles. The van der Waals surface area contributed by atoms with Crippen LogP contribution in [0, 0.1) is 0 Å². The molecule has 0 saturated heterocycles. The van der Waals surface area contributed by atoms with Gasteiger partial charge in [0.15, 0.2) is 0 Å². The number of rotatable bonds is 43. The monoisotopic (exact) mass is 872 g/mol. The maximum atomic E-state index is 13.2. The molecule has 6 heteroatoms. The number of esters is 1. The lowest BCUT2D eigenvalue weighted by Crippen LogP contribution is -2.46. The zero-order chi connectivity index (χ0) is 45.9. The van der Waals surface area contributed by atoms with Gasteiger partial charge in [0, 0.05) is 12.8 Å². The largest absolute Gasteiger partial charge is 0.461 e. The molecular formula is C57H93NO5. The van der Waals surface area contributed by atoms with Crippen molar-refractivity contribution in [2.45, 2.75) is 219 Å². The number of carbonyl (C=O) groups is 2. The molecule has 0 rings (SSSR count). The molecule has 6 nitrogen and oxygen atoms in total. The van der Waals surface area contributed by atoms with Crippen molar-refractivity contribution >= 4 is 11.9 Å². The molecule has 0 spiro atoms. The Balaban J connectivity index is 4.85. The van der Waals surface area contributed by atoms with Crippen LogP contribution in [0.1, 0.15) is 201 Å². The summed E-state index contributed by atoms with van der Waals surface area (Å²) in [4.78, 5) is 26.1. The third-order valence-electron chi connectivity index (χ3n) is 10.7. The summed E-state index contributed by atoms with van der Waals surface area (Å²) in [7, 11) is 0. The topological polar surface area (TPSA) is 95.9 Å². The van der Waals surface area contributed by atoms with Gasteiger partial charge in [-0.15, -0.1) is 0 Å². The smallest absolute Gasteiger partial charge is 0.306 e. The summed E-state index contributed by atoms with van der Waals surface area (Å²) in [5, 5.41) is 23.7. The standard InChI is InChI=1S/C57H93NO5/c1-4-7-10-13-16-19-22-25-27-28-30-32-35-38-41-44-47-50-57(62)63-53(48-45-42-39-36-33-31-29-26-23-20-17-14-11-8-5-2)51-56(61)58-54(52-59)55(60)49-46-43-40-37-34-24-21-18-15-12-9-6-3/h7,10,13,16-17,19-20,22,25-30,32-33,35-36,42,45,53-55,59-60H,4-6,8-9,11-12,14-15,18,21,23-24,31,34,37-41,43-44,46-52H2,1-3H3,(H,58,61)/b10-7-,16-13+,20-17-,22-19+,27-25-,29-26-,30-28+,35-32+,36-33-,45-42-. The average Bonchev–Trinajstić information content (AvgIpc) is 3.28. The molecule has 0 aliphatic heterocycles. The van der Waals surface area contributed by atoms with Gasteiger partial charge in [-0.1, -0.05) is 239 Å². The van der Waals surface area contributed by atoms with Gasteiger partial charge in [0.1, 0.15) is 6.10 Å². The van der Waals surface area contributed by atoms with Crippen molar-refractivity contribution in [1.82, 2.24) is 5.32 Å². The molecule has 0 aromatic rings. The summed E-state index contributed by atoms with van der Waals surface area (Å²) in [5.74, 6) is -0.640. The van der Waals surface area contributed by atoms with Crippen molar-refractivity contribution in [3.8, 4) is 0 Å².